The van der Waals surface area contributed by atoms with Crippen LogP contribution >= 0.6 is 0 Å². The average molecular weight is 501 g/mol. The topological polar surface area (TPSA) is 44.1 Å². The Morgan fingerprint density at radius 2 is 1.23 bits per heavy atom. The van der Waals surface area contributed by atoms with Gasteiger partial charge in [-0.05, 0) is 53.9 Å². The summed E-state index contributed by atoms with van der Waals surface area (Å²) in [5.41, 5.74) is 7.66. The molecule has 0 atom stereocenters. The summed E-state index contributed by atoms with van der Waals surface area (Å²) >= 11 is 0. The van der Waals surface area contributed by atoms with Gasteiger partial charge in [0.1, 0.15) is 16.7 Å². The van der Waals surface area contributed by atoms with Gasteiger partial charge in [0, 0.05) is 32.5 Å². The van der Waals surface area contributed by atoms with Gasteiger partial charge >= 0.3 is 0 Å². The highest BCUT2D eigenvalue weighted by atomic mass is 16.3. The summed E-state index contributed by atoms with van der Waals surface area (Å²) < 4.78 is 15.2. The first-order valence-electron chi connectivity index (χ1n) is 13.1. The Bertz CT molecular complexity index is 2320. The molecule has 0 amide bonds. The number of benzene rings is 6. The number of rotatable bonds is 2. The van der Waals surface area contributed by atoms with E-state index >= 15 is 0 Å². The highest BCUT2D eigenvalue weighted by Gasteiger charge is 2.21. The number of oxazole rings is 1. The SMILES string of the molecule is c1cc(-n2c3ccccc3c3ccccc32)c2c(c1)ccc1c2oc2cccc(-c3nc4ccccc4o3)c21. The second kappa shape index (κ2) is 7.59. The number of furan rings is 1. The van der Waals surface area contributed by atoms with E-state index in [1.165, 1.54) is 21.8 Å². The van der Waals surface area contributed by atoms with Gasteiger partial charge in [-0.15, -0.1) is 0 Å². The summed E-state index contributed by atoms with van der Waals surface area (Å²) in [5, 5.41) is 6.74. The molecule has 0 fully saturated rings. The predicted molar refractivity (Wildman–Crippen MR) is 159 cm³/mol. The van der Waals surface area contributed by atoms with Gasteiger partial charge in [0.2, 0.25) is 5.89 Å². The molecule has 9 rings (SSSR count). The maximum atomic E-state index is 6.68. The summed E-state index contributed by atoms with van der Waals surface area (Å²) in [4.78, 5) is 4.80. The molecule has 39 heavy (non-hydrogen) atoms. The van der Waals surface area contributed by atoms with Crippen LogP contribution in [0.3, 0.4) is 0 Å². The Morgan fingerprint density at radius 3 is 2.05 bits per heavy atom. The first kappa shape index (κ1) is 20.7. The van der Waals surface area contributed by atoms with Crippen LogP contribution in [0, 0.1) is 0 Å². The van der Waals surface area contributed by atoms with E-state index in [0.29, 0.717) is 5.89 Å². The first-order valence-corrected chi connectivity index (χ1v) is 13.1. The minimum absolute atomic E-state index is 0.597. The molecule has 0 bridgehead atoms. The van der Waals surface area contributed by atoms with E-state index in [9.17, 15) is 0 Å². The van der Waals surface area contributed by atoms with Crippen molar-refractivity contribution in [2.75, 3.05) is 0 Å². The van der Waals surface area contributed by atoms with E-state index in [0.717, 1.165) is 55.1 Å². The lowest BCUT2D eigenvalue weighted by Gasteiger charge is -2.12. The molecule has 182 valence electrons. The summed E-state index contributed by atoms with van der Waals surface area (Å²) in [6.45, 7) is 0. The molecule has 0 saturated heterocycles. The molecule has 0 radical (unpaired) electrons. The minimum atomic E-state index is 0.597. The fraction of sp³-hybridized carbons (Fsp3) is 0. The van der Waals surface area contributed by atoms with Crippen LogP contribution in [0.1, 0.15) is 0 Å². The van der Waals surface area contributed by atoms with Crippen molar-refractivity contribution in [3.8, 4) is 17.1 Å². The lowest BCUT2D eigenvalue weighted by molar-refractivity contribution is 0.620. The lowest BCUT2D eigenvalue weighted by atomic mass is 10.0. The molecule has 0 saturated carbocycles. The van der Waals surface area contributed by atoms with Crippen molar-refractivity contribution in [2.24, 2.45) is 0 Å². The van der Waals surface area contributed by atoms with Gasteiger partial charge in [-0.1, -0.05) is 72.8 Å². The Balaban J connectivity index is 1.41. The van der Waals surface area contributed by atoms with Crippen LogP contribution in [0.2, 0.25) is 0 Å². The summed E-state index contributed by atoms with van der Waals surface area (Å²) in [6, 6.07) is 42.0. The van der Waals surface area contributed by atoms with Crippen molar-refractivity contribution in [2.45, 2.75) is 0 Å². The van der Waals surface area contributed by atoms with Crippen molar-refractivity contribution in [1.29, 1.82) is 0 Å². The average Bonchev–Trinajstić information content (AvgIpc) is 3.68. The van der Waals surface area contributed by atoms with E-state index in [1.807, 2.05) is 36.4 Å². The van der Waals surface area contributed by atoms with E-state index < -0.39 is 0 Å². The molecule has 4 heteroatoms. The van der Waals surface area contributed by atoms with E-state index in [1.54, 1.807) is 0 Å². The van der Waals surface area contributed by atoms with Gasteiger partial charge < -0.3 is 13.4 Å². The van der Waals surface area contributed by atoms with Crippen LogP contribution < -0.4 is 0 Å². The number of nitrogens with zero attached hydrogens (tertiary/aromatic N) is 2. The van der Waals surface area contributed by atoms with E-state index in [-0.39, 0.29) is 0 Å². The zero-order valence-corrected chi connectivity index (χ0v) is 20.8. The Labute approximate surface area is 222 Å². The van der Waals surface area contributed by atoms with Crippen molar-refractivity contribution >= 4 is 65.6 Å². The summed E-state index contributed by atoms with van der Waals surface area (Å²) in [7, 11) is 0. The van der Waals surface area contributed by atoms with Crippen LogP contribution in [-0.2, 0) is 0 Å². The first-order chi connectivity index (χ1) is 19.3. The molecule has 3 heterocycles. The molecular weight excluding hydrogens is 480 g/mol. The molecular formula is C35H20N2O2. The lowest BCUT2D eigenvalue weighted by Crippen LogP contribution is -1.95. The standard InChI is InChI=1S/C35H20N2O2/c1-4-14-27-22(10-1)23-11-2-5-15-28(23)37(27)29-16-7-9-21-19-20-24-33-25(12-8-18-31(33)38-34(24)32(21)29)35-36-26-13-3-6-17-30(26)39-35/h1-20H. The zero-order chi connectivity index (χ0) is 25.5. The molecule has 0 aliphatic rings. The second-order valence-electron chi connectivity index (χ2n) is 9.95. The Hall–Kier alpha value is -5.35. The Kier molecular flexibility index (Phi) is 4.02. The largest absolute Gasteiger partial charge is 0.455 e. The van der Waals surface area contributed by atoms with Gasteiger partial charge in [-0.2, -0.15) is 0 Å². The molecule has 4 nitrogen and oxygen atoms in total. The maximum Gasteiger partial charge on any atom is 0.228 e. The molecule has 0 aliphatic carbocycles. The van der Waals surface area contributed by atoms with Crippen LogP contribution in [0.5, 0.6) is 0 Å². The third-order valence-electron chi connectivity index (χ3n) is 7.83. The number of aromatic nitrogens is 2. The summed E-state index contributed by atoms with van der Waals surface area (Å²) in [6.07, 6.45) is 0. The second-order valence-corrected chi connectivity index (χ2v) is 9.95. The summed E-state index contributed by atoms with van der Waals surface area (Å²) in [5.74, 6) is 0.597. The van der Waals surface area contributed by atoms with Gasteiger partial charge in [0.25, 0.3) is 0 Å². The molecule has 0 N–H and O–H groups in total. The molecule has 0 spiro atoms. The van der Waals surface area contributed by atoms with Crippen LogP contribution in [0.15, 0.2) is 130 Å². The third-order valence-corrected chi connectivity index (χ3v) is 7.83. The molecule has 3 aromatic heterocycles. The van der Waals surface area contributed by atoms with Crippen molar-refractivity contribution in [3.05, 3.63) is 121 Å². The van der Waals surface area contributed by atoms with Crippen molar-refractivity contribution in [3.63, 3.8) is 0 Å². The van der Waals surface area contributed by atoms with Gasteiger partial charge in [-0.25, -0.2) is 4.98 Å². The van der Waals surface area contributed by atoms with E-state index in [4.69, 9.17) is 13.8 Å². The van der Waals surface area contributed by atoms with Gasteiger partial charge in [0.15, 0.2) is 5.58 Å². The smallest absolute Gasteiger partial charge is 0.228 e. The fourth-order valence-corrected chi connectivity index (χ4v) is 6.17. The number of fused-ring (bicyclic) bond motifs is 9. The highest BCUT2D eigenvalue weighted by Crippen LogP contribution is 2.42. The zero-order valence-electron chi connectivity index (χ0n) is 20.8. The number of hydrogen-bond acceptors (Lipinski definition) is 3. The van der Waals surface area contributed by atoms with Crippen molar-refractivity contribution in [1.82, 2.24) is 9.55 Å². The fourth-order valence-electron chi connectivity index (χ4n) is 6.17. The maximum absolute atomic E-state index is 6.68. The van der Waals surface area contributed by atoms with E-state index in [2.05, 4.69) is 89.5 Å². The van der Waals surface area contributed by atoms with Gasteiger partial charge in [-0.3, -0.25) is 0 Å². The third kappa shape index (κ3) is 2.80. The molecule has 9 aromatic rings. The molecule has 0 aliphatic heterocycles. The highest BCUT2D eigenvalue weighted by molar-refractivity contribution is 6.21. The van der Waals surface area contributed by atoms with Crippen LogP contribution in [0.25, 0.3) is 82.8 Å². The van der Waals surface area contributed by atoms with Gasteiger partial charge in [0.05, 0.1) is 16.7 Å². The number of para-hydroxylation sites is 4. The minimum Gasteiger partial charge on any atom is -0.455 e. The predicted octanol–water partition coefficient (Wildman–Crippen LogP) is 9.64. The molecule has 0 unspecified atom stereocenters. The number of hydrogen-bond donors (Lipinski definition) is 0. The quantitative estimate of drug-likeness (QED) is 0.237. The monoisotopic (exact) mass is 500 g/mol. The van der Waals surface area contributed by atoms with Crippen LogP contribution in [0.4, 0.5) is 0 Å². The normalized spacial score (nSPS) is 12.1. The molecule has 6 aromatic carbocycles. The van der Waals surface area contributed by atoms with Crippen LogP contribution in [-0.4, -0.2) is 9.55 Å². The van der Waals surface area contributed by atoms with Crippen molar-refractivity contribution < 1.29 is 8.83 Å². The Morgan fingerprint density at radius 1 is 0.513 bits per heavy atom.